The number of rotatable bonds is 7. The number of aromatic nitrogens is 1. The zero-order chi connectivity index (χ0) is 21.4. The van der Waals surface area contributed by atoms with Crippen molar-refractivity contribution in [2.24, 2.45) is 5.41 Å². The number of halogens is 1. The van der Waals surface area contributed by atoms with Crippen LogP contribution in [0.15, 0.2) is 29.6 Å². The van der Waals surface area contributed by atoms with Crippen LogP contribution in [0.25, 0.3) is 0 Å². The summed E-state index contributed by atoms with van der Waals surface area (Å²) in [6.45, 7) is 4.66. The molecule has 0 saturated carbocycles. The number of anilines is 2. The van der Waals surface area contributed by atoms with E-state index in [9.17, 15) is 9.59 Å². The highest BCUT2D eigenvalue weighted by Gasteiger charge is 2.65. The highest BCUT2D eigenvalue weighted by atomic mass is 35.5. The van der Waals surface area contributed by atoms with E-state index in [-0.39, 0.29) is 19.4 Å². The lowest BCUT2D eigenvalue weighted by Crippen LogP contribution is -2.32. The Morgan fingerprint density at radius 2 is 2.13 bits per heavy atom. The summed E-state index contributed by atoms with van der Waals surface area (Å²) in [5, 5.41) is 6.21. The number of benzene rings is 1. The molecule has 0 bridgehead atoms. The van der Waals surface area contributed by atoms with Gasteiger partial charge in [-0.05, 0) is 25.5 Å². The van der Waals surface area contributed by atoms with Crippen LogP contribution in [0.1, 0.15) is 38.8 Å². The molecule has 0 radical (unpaired) electrons. The maximum Gasteiger partial charge on any atom is 0.324 e. The highest BCUT2D eigenvalue weighted by molar-refractivity contribution is 7.13. The molecule has 2 aliphatic heterocycles. The number of hydrogen-bond donors (Lipinski definition) is 1. The first-order valence-electron chi connectivity index (χ1n) is 9.86. The Morgan fingerprint density at radius 1 is 1.33 bits per heavy atom. The second-order valence-electron chi connectivity index (χ2n) is 7.83. The summed E-state index contributed by atoms with van der Waals surface area (Å²) in [5.74, 6) is -1.09. The van der Waals surface area contributed by atoms with Gasteiger partial charge in [0.1, 0.15) is 6.10 Å². The van der Waals surface area contributed by atoms with Crippen LogP contribution in [0.4, 0.5) is 10.8 Å². The van der Waals surface area contributed by atoms with Crippen LogP contribution in [0, 0.1) is 5.41 Å². The van der Waals surface area contributed by atoms with Gasteiger partial charge in [0, 0.05) is 24.8 Å². The average Bonchev–Trinajstić information content (AvgIpc) is 3.36. The van der Waals surface area contributed by atoms with Crippen LogP contribution in [0.5, 0.6) is 0 Å². The third-order valence-electron chi connectivity index (χ3n) is 5.40. The molecule has 1 spiro atoms. The highest BCUT2D eigenvalue weighted by Crippen LogP contribution is 2.52. The fourth-order valence-corrected chi connectivity index (χ4v) is 4.95. The van der Waals surface area contributed by atoms with Gasteiger partial charge < -0.3 is 19.5 Å². The molecule has 160 valence electrons. The molecule has 4 rings (SSSR count). The summed E-state index contributed by atoms with van der Waals surface area (Å²) in [5.41, 5.74) is -0.980. The van der Waals surface area contributed by atoms with Crippen molar-refractivity contribution in [3.05, 3.63) is 40.4 Å². The molecule has 0 aliphatic carbocycles. The molecule has 2 fully saturated rings. The van der Waals surface area contributed by atoms with Crippen LogP contribution in [-0.2, 0) is 29.4 Å². The van der Waals surface area contributed by atoms with Crippen LogP contribution >= 0.6 is 22.9 Å². The van der Waals surface area contributed by atoms with E-state index in [0.29, 0.717) is 22.5 Å². The number of nitrogens with zero attached hydrogens (tertiary/aromatic N) is 1. The van der Waals surface area contributed by atoms with Crippen molar-refractivity contribution in [3.8, 4) is 0 Å². The number of hydrogen-bond acceptors (Lipinski definition) is 8. The number of carbonyl (C=O) groups excluding carboxylic acids is 2. The van der Waals surface area contributed by atoms with E-state index in [0.717, 1.165) is 12.1 Å². The van der Waals surface area contributed by atoms with Gasteiger partial charge in [-0.2, -0.15) is 0 Å². The second-order valence-corrected chi connectivity index (χ2v) is 9.09. The Morgan fingerprint density at radius 3 is 2.90 bits per heavy atom. The van der Waals surface area contributed by atoms with Crippen molar-refractivity contribution in [2.45, 2.75) is 44.8 Å². The van der Waals surface area contributed by atoms with Crippen molar-refractivity contribution >= 4 is 45.7 Å². The lowest BCUT2D eigenvalue weighted by Gasteiger charge is -2.20. The van der Waals surface area contributed by atoms with Gasteiger partial charge in [-0.15, -0.1) is 11.3 Å². The van der Waals surface area contributed by atoms with Gasteiger partial charge in [0.05, 0.1) is 23.0 Å². The van der Waals surface area contributed by atoms with Gasteiger partial charge in [0.25, 0.3) is 0 Å². The molecule has 0 unspecified atom stereocenters. The Bertz CT molecular complexity index is 966. The topological polar surface area (TPSA) is 86.8 Å². The molecule has 0 amide bonds. The van der Waals surface area contributed by atoms with E-state index in [4.69, 9.17) is 25.8 Å². The van der Waals surface area contributed by atoms with E-state index in [1.807, 2.05) is 30.5 Å². The molecular weight excluding hydrogens is 428 g/mol. The minimum atomic E-state index is -1.30. The maximum absolute atomic E-state index is 12.8. The van der Waals surface area contributed by atoms with E-state index in [1.165, 1.54) is 11.3 Å². The molecule has 1 N–H and O–H groups in total. The molecule has 2 aromatic rings. The third-order valence-corrected chi connectivity index (χ3v) is 6.49. The average molecular weight is 451 g/mol. The van der Waals surface area contributed by atoms with Crippen molar-refractivity contribution < 1.29 is 23.8 Å². The fourth-order valence-electron chi connectivity index (χ4n) is 3.92. The molecule has 7 nitrogen and oxygen atoms in total. The number of thiazole rings is 1. The summed E-state index contributed by atoms with van der Waals surface area (Å²) >= 11 is 7.57. The first kappa shape index (κ1) is 21.1. The first-order chi connectivity index (χ1) is 14.4. The van der Waals surface area contributed by atoms with Crippen molar-refractivity contribution in [3.63, 3.8) is 0 Å². The SMILES string of the molecule is CCCOC[C@H]1C[C@]2(C[C@@](C)(c3csc(Nc4ccccc4Cl)n3)OC2=O)C(=O)O1. The van der Waals surface area contributed by atoms with Crippen molar-refractivity contribution in [1.29, 1.82) is 0 Å². The molecule has 2 aliphatic rings. The predicted octanol–water partition coefficient (Wildman–Crippen LogP) is 4.43. The van der Waals surface area contributed by atoms with Crippen LogP contribution in [0.3, 0.4) is 0 Å². The zero-order valence-electron chi connectivity index (χ0n) is 16.8. The number of cyclic esters (lactones) is 2. The normalized spacial score (nSPS) is 28.0. The van der Waals surface area contributed by atoms with Crippen LogP contribution < -0.4 is 5.32 Å². The Labute approximate surface area is 183 Å². The summed E-state index contributed by atoms with van der Waals surface area (Å²) in [6.07, 6.45) is 0.892. The molecule has 30 heavy (non-hydrogen) atoms. The quantitative estimate of drug-likeness (QED) is 0.379. The fraction of sp³-hybridized carbons (Fsp3) is 0.476. The molecule has 2 saturated heterocycles. The van der Waals surface area contributed by atoms with Gasteiger partial charge >= 0.3 is 11.9 Å². The van der Waals surface area contributed by atoms with E-state index < -0.39 is 29.1 Å². The van der Waals surface area contributed by atoms with Crippen LogP contribution in [0.2, 0.25) is 5.02 Å². The van der Waals surface area contributed by atoms with Crippen LogP contribution in [-0.4, -0.2) is 36.2 Å². The van der Waals surface area contributed by atoms with Crippen molar-refractivity contribution in [2.75, 3.05) is 18.5 Å². The summed E-state index contributed by atoms with van der Waals surface area (Å²) < 4.78 is 16.6. The van der Waals surface area contributed by atoms with Crippen molar-refractivity contribution in [1.82, 2.24) is 4.98 Å². The van der Waals surface area contributed by atoms with E-state index in [1.54, 1.807) is 13.0 Å². The molecule has 1 aromatic heterocycles. The van der Waals surface area contributed by atoms with Gasteiger partial charge in [-0.3, -0.25) is 9.59 Å². The van der Waals surface area contributed by atoms with Gasteiger partial charge in [0.15, 0.2) is 16.1 Å². The Balaban J connectivity index is 1.50. The predicted molar refractivity (Wildman–Crippen MR) is 113 cm³/mol. The van der Waals surface area contributed by atoms with Gasteiger partial charge in [0.2, 0.25) is 0 Å². The molecule has 3 atom stereocenters. The molecule has 9 heteroatoms. The minimum absolute atomic E-state index is 0.192. The summed E-state index contributed by atoms with van der Waals surface area (Å²) in [7, 11) is 0. The lowest BCUT2D eigenvalue weighted by molar-refractivity contribution is -0.160. The minimum Gasteiger partial charge on any atom is -0.459 e. The summed E-state index contributed by atoms with van der Waals surface area (Å²) in [4.78, 5) is 30.0. The summed E-state index contributed by atoms with van der Waals surface area (Å²) in [6, 6.07) is 7.36. The number of carbonyl (C=O) groups is 2. The smallest absolute Gasteiger partial charge is 0.324 e. The standard InChI is InChI=1S/C21H23ClN2O5S/c1-3-8-27-10-13-9-21(17(25)28-13)12-20(2,29-18(21)26)16-11-30-19(24-16)23-15-7-5-4-6-14(15)22/h4-7,11,13H,3,8-10,12H2,1-2H3,(H,23,24)/t13-,20+,21+/m1/s1. The van der Waals surface area contributed by atoms with E-state index in [2.05, 4.69) is 10.3 Å². The first-order valence-corrected chi connectivity index (χ1v) is 11.1. The van der Waals surface area contributed by atoms with Gasteiger partial charge in [-0.25, -0.2) is 4.98 Å². The number of para-hydroxylation sites is 1. The number of esters is 2. The lowest BCUT2D eigenvalue weighted by atomic mass is 9.78. The van der Waals surface area contributed by atoms with E-state index >= 15 is 0 Å². The molecular formula is C21H23ClN2O5S. The molecule has 3 heterocycles. The van der Waals surface area contributed by atoms with Gasteiger partial charge in [-0.1, -0.05) is 30.7 Å². The number of ether oxygens (including phenoxy) is 3. The maximum atomic E-state index is 12.8. The second kappa shape index (κ2) is 8.17. The number of nitrogens with one attached hydrogen (secondary N) is 1. The third kappa shape index (κ3) is 3.79. The zero-order valence-corrected chi connectivity index (χ0v) is 18.3. The monoisotopic (exact) mass is 450 g/mol. The Hall–Kier alpha value is -2.16. The largest absolute Gasteiger partial charge is 0.459 e. The molecule has 1 aromatic carbocycles. The Kier molecular flexibility index (Phi) is 5.74.